The minimum absolute atomic E-state index is 0.114. The monoisotopic (exact) mass is 250 g/mol. The van der Waals surface area contributed by atoms with Crippen LogP contribution < -0.4 is 4.74 Å². The summed E-state index contributed by atoms with van der Waals surface area (Å²) in [6.07, 6.45) is 12.4. The molecule has 0 bridgehead atoms. The fraction of sp³-hybridized carbons (Fsp3) is 0.786. The Morgan fingerprint density at radius 3 is 2.94 bits per heavy atom. The standard InChI is InChI=1S/C14H22N2O2/c1-16-11-13(10-15-16)18-12-5-8-17-14(9-12)6-3-2-4-7-14/h10-12H,2-9H2,1H3. The first-order chi connectivity index (χ1) is 8.76. The lowest BCUT2D eigenvalue weighted by Gasteiger charge is -2.43. The Hall–Kier alpha value is -1.03. The molecule has 1 aromatic rings. The largest absolute Gasteiger partial charge is 0.487 e. The molecule has 0 amide bonds. The molecule has 0 N–H and O–H groups in total. The van der Waals surface area contributed by atoms with Gasteiger partial charge in [-0.3, -0.25) is 4.68 Å². The smallest absolute Gasteiger partial charge is 0.157 e. The molecule has 1 saturated carbocycles. The van der Waals surface area contributed by atoms with E-state index in [1.54, 1.807) is 10.9 Å². The lowest BCUT2D eigenvalue weighted by molar-refractivity contribution is -0.129. The molecule has 0 radical (unpaired) electrons. The van der Waals surface area contributed by atoms with E-state index in [1.165, 1.54) is 32.1 Å². The molecule has 1 saturated heterocycles. The molecular formula is C14H22N2O2. The molecule has 4 nitrogen and oxygen atoms in total. The van der Waals surface area contributed by atoms with Gasteiger partial charge in [-0.1, -0.05) is 19.3 Å². The highest BCUT2D eigenvalue weighted by atomic mass is 16.5. The van der Waals surface area contributed by atoms with Crippen LogP contribution in [0.25, 0.3) is 0 Å². The average Bonchev–Trinajstić information content (AvgIpc) is 2.76. The molecule has 1 atom stereocenters. The van der Waals surface area contributed by atoms with E-state index >= 15 is 0 Å². The van der Waals surface area contributed by atoms with Crippen LogP contribution in [0.15, 0.2) is 12.4 Å². The zero-order chi connectivity index (χ0) is 12.4. The fourth-order valence-corrected chi connectivity index (χ4v) is 3.28. The Morgan fingerprint density at radius 2 is 2.22 bits per heavy atom. The first-order valence-corrected chi connectivity index (χ1v) is 7.05. The number of ether oxygens (including phenoxy) is 2. The van der Waals surface area contributed by atoms with Gasteiger partial charge < -0.3 is 9.47 Å². The van der Waals surface area contributed by atoms with Crippen LogP contribution in [0.5, 0.6) is 5.75 Å². The van der Waals surface area contributed by atoms with Crippen molar-refractivity contribution in [2.75, 3.05) is 6.61 Å². The lowest BCUT2D eigenvalue weighted by atomic mass is 9.79. The Morgan fingerprint density at radius 1 is 1.39 bits per heavy atom. The van der Waals surface area contributed by atoms with E-state index in [0.717, 1.165) is 25.2 Å². The Balaban J connectivity index is 1.63. The highest BCUT2D eigenvalue weighted by molar-refractivity contribution is 5.12. The van der Waals surface area contributed by atoms with E-state index in [1.807, 2.05) is 13.2 Å². The van der Waals surface area contributed by atoms with Gasteiger partial charge in [0, 0.05) is 19.9 Å². The number of aryl methyl sites for hydroxylation is 1. The van der Waals surface area contributed by atoms with E-state index in [9.17, 15) is 0 Å². The first-order valence-electron chi connectivity index (χ1n) is 7.05. The molecule has 2 heterocycles. The Bertz CT molecular complexity index is 391. The van der Waals surface area contributed by atoms with Gasteiger partial charge in [-0.25, -0.2) is 0 Å². The zero-order valence-electron chi connectivity index (χ0n) is 11.1. The summed E-state index contributed by atoms with van der Waals surface area (Å²) in [5, 5.41) is 4.15. The molecule has 100 valence electrons. The highest BCUT2D eigenvalue weighted by Gasteiger charge is 2.39. The Kier molecular flexibility index (Phi) is 3.29. The topological polar surface area (TPSA) is 36.3 Å². The fourth-order valence-electron chi connectivity index (χ4n) is 3.28. The summed E-state index contributed by atoms with van der Waals surface area (Å²) in [6.45, 7) is 0.838. The molecule has 1 spiro atoms. The SMILES string of the molecule is Cn1cc(OC2CCOC3(CCCCC3)C2)cn1. The van der Waals surface area contributed by atoms with E-state index in [-0.39, 0.29) is 5.60 Å². The predicted molar refractivity (Wildman–Crippen MR) is 68.6 cm³/mol. The van der Waals surface area contributed by atoms with Crippen LogP contribution in [0, 0.1) is 0 Å². The number of rotatable bonds is 2. The number of aromatic nitrogens is 2. The quantitative estimate of drug-likeness (QED) is 0.809. The van der Waals surface area contributed by atoms with Gasteiger partial charge >= 0.3 is 0 Å². The van der Waals surface area contributed by atoms with Gasteiger partial charge in [0.1, 0.15) is 6.10 Å². The number of nitrogens with zero attached hydrogens (tertiary/aromatic N) is 2. The molecule has 18 heavy (non-hydrogen) atoms. The maximum Gasteiger partial charge on any atom is 0.157 e. The summed E-state index contributed by atoms with van der Waals surface area (Å²) in [7, 11) is 1.92. The van der Waals surface area contributed by atoms with Crippen molar-refractivity contribution in [2.45, 2.75) is 56.7 Å². The lowest BCUT2D eigenvalue weighted by Crippen LogP contribution is -2.45. The average molecular weight is 250 g/mol. The van der Waals surface area contributed by atoms with Crippen molar-refractivity contribution in [3.05, 3.63) is 12.4 Å². The molecule has 3 rings (SSSR count). The summed E-state index contributed by atoms with van der Waals surface area (Å²) in [4.78, 5) is 0. The second-order valence-electron chi connectivity index (χ2n) is 5.67. The van der Waals surface area contributed by atoms with Crippen molar-refractivity contribution in [3.63, 3.8) is 0 Å². The second-order valence-corrected chi connectivity index (χ2v) is 5.67. The van der Waals surface area contributed by atoms with Crippen LogP contribution in [-0.4, -0.2) is 28.1 Å². The number of hydrogen-bond acceptors (Lipinski definition) is 3. The van der Waals surface area contributed by atoms with Gasteiger partial charge in [0.15, 0.2) is 5.75 Å². The zero-order valence-corrected chi connectivity index (χ0v) is 11.1. The van der Waals surface area contributed by atoms with Crippen molar-refractivity contribution in [3.8, 4) is 5.75 Å². The van der Waals surface area contributed by atoms with Gasteiger partial charge in [-0.2, -0.15) is 5.10 Å². The van der Waals surface area contributed by atoms with Crippen molar-refractivity contribution in [1.29, 1.82) is 0 Å². The summed E-state index contributed by atoms with van der Waals surface area (Å²) in [6, 6.07) is 0. The van der Waals surface area contributed by atoms with Crippen molar-refractivity contribution in [2.24, 2.45) is 7.05 Å². The minimum Gasteiger partial charge on any atom is -0.487 e. The van der Waals surface area contributed by atoms with Crippen LogP contribution in [-0.2, 0) is 11.8 Å². The van der Waals surface area contributed by atoms with Crippen LogP contribution in [0.2, 0.25) is 0 Å². The van der Waals surface area contributed by atoms with Crippen LogP contribution in [0.1, 0.15) is 44.9 Å². The van der Waals surface area contributed by atoms with Gasteiger partial charge in [-0.05, 0) is 12.8 Å². The van der Waals surface area contributed by atoms with Crippen molar-refractivity contribution in [1.82, 2.24) is 9.78 Å². The van der Waals surface area contributed by atoms with Gasteiger partial charge in [0.25, 0.3) is 0 Å². The van der Waals surface area contributed by atoms with Crippen LogP contribution in [0.3, 0.4) is 0 Å². The van der Waals surface area contributed by atoms with E-state index < -0.39 is 0 Å². The molecule has 2 fully saturated rings. The molecule has 2 aliphatic rings. The molecular weight excluding hydrogens is 228 g/mol. The van der Waals surface area contributed by atoms with Gasteiger partial charge in [0.2, 0.25) is 0 Å². The molecule has 1 aliphatic carbocycles. The van der Waals surface area contributed by atoms with Gasteiger partial charge in [0.05, 0.1) is 24.6 Å². The van der Waals surface area contributed by atoms with Crippen molar-refractivity contribution >= 4 is 0 Å². The predicted octanol–water partition coefficient (Wildman–Crippen LogP) is 2.68. The third-order valence-electron chi connectivity index (χ3n) is 4.20. The summed E-state index contributed by atoms with van der Waals surface area (Å²) in [5.41, 5.74) is 0.114. The van der Waals surface area contributed by atoms with Crippen molar-refractivity contribution < 1.29 is 9.47 Å². The normalized spacial score (nSPS) is 27.3. The maximum atomic E-state index is 6.08. The van der Waals surface area contributed by atoms with E-state index in [0.29, 0.717) is 6.10 Å². The Labute approximate surface area is 108 Å². The summed E-state index contributed by atoms with van der Waals surface area (Å²) >= 11 is 0. The minimum atomic E-state index is 0.114. The van der Waals surface area contributed by atoms with E-state index in [4.69, 9.17) is 9.47 Å². The molecule has 1 unspecified atom stereocenters. The van der Waals surface area contributed by atoms with E-state index in [2.05, 4.69) is 5.10 Å². The molecule has 1 aliphatic heterocycles. The van der Waals surface area contributed by atoms with Crippen LogP contribution in [0.4, 0.5) is 0 Å². The summed E-state index contributed by atoms with van der Waals surface area (Å²) in [5.74, 6) is 0.885. The summed E-state index contributed by atoms with van der Waals surface area (Å²) < 4.78 is 13.9. The number of hydrogen-bond donors (Lipinski definition) is 0. The third kappa shape index (κ3) is 2.53. The maximum absolute atomic E-state index is 6.08. The van der Waals surface area contributed by atoms with Gasteiger partial charge in [-0.15, -0.1) is 0 Å². The highest BCUT2D eigenvalue weighted by Crippen LogP contribution is 2.39. The third-order valence-corrected chi connectivity index (χ3v) is 4.20. The molecule has 1 aromatic heterocycles. The molecule has 0 aromatic carbocycles. The first kappa shape index (κ1) is 12.0. The molecule has 4 heteroatoms. The second kappa shape index (κ2) is 4.92. The van der Waals surface area contributed by atoms with Crippen LogP contribution >= 0.6 is 0 Å².